The van der Waals surface area contributed by atoms with Gasteiger partial charge in [-0.3, -0.25) is 4.79 Å². The van der Waals surface area contributed by atoms with Gasteiger partial charge in [0.1, 0.15) is 11.5 Å². The zero-order valence-corrected chi connectivity index (χ0v) is 13.7. The van der Waals surface area contributed by atoms with Gasteiger partial charge < -0.3 is 4.74 Å². The number of benzene rings is 1. The predicted molar refractivity (Wildman–Crippen MR) is 84.6 cm³/mol. The van der Waals surface area contributed by atoms with E-state index in [1.54, 1.807) is 0 Å². The second kappa shape index (κ2) is 7.47. The molecule has 1 unspecified atom stereocenters. The molecule has 0 spiro atoms. The lowest BCUT2D eigenvalue weighted by Gasteiger charge is -2.22. The van der Waals surface area contributed by atoms with Crippen molar-refractivity contribution in [2.45, 2.75) is 59.8 Å². The van der Waals surface area contributed by atoms with Crippen LogP contribution in [0, 0.1) is 5.92 Å². The molecule has 112 valence electrons. The minimum atomic E-state index is -0.00632. The monoisotopic (exact) mass is 276 g/mol. The van der Waals surface area contributed by atoms with Crippen LogP contribution in [0.25, 0.3) is 0 Å². The number of Topliss-reactive ketones (excluding diaryl/α,β-unsaturated/α-hetero) is 1. The number of hydrogen-bond acceptors (Lipinski definition) is 2. The lowest BCUT2D eigenvalue weighted by Crippen LogP contribution is -2.17. The Labute approximate surface area is 123 Å². The highest BCUT2D eigenvalue weighted by Crippen LogP contribution is 2.33. The molecule has 0 amide bonds. The smallest absolute Gasteiger partial charge is 0.140 e. The highest BCUT2D eigenvalue weighted by molar-refractivity contribution is 5.85. The number of rotatable bonds is 7. The third kappa shape index (κ3) is 3.84. The Morgan fingerprint density at radius 2 is 1.80 bits per heavy atom. The van der Waals surface area contributed by atoms with Gasteiger partial charge in [0.05, 0.1) is 6.61 Å². The average molecular weight is 276 g/mol. The Hall–Kier alpha value is -1.31. The van der Waals surface area contributed by atoms with Crippen LogP contribution in [-0.2, 0) is 4.79 Å². The van der Waals surface area contributed by atoms with Crippen molar-refractivity contribution in [3.8, 4) is 5.75 Å². The molecule has 0 aromatic heterocycles. The van der Waals surface area contributed by atoms with E-state index in [4.69, 9.17) is 4.74 Å². The summed E-state index contributed by atoms with van der Waals surface area (Å²) in [6.45, 7) is 13.2. The van der Waals surface area contributed by atoms with Crippen LogP contribution in [-0.4, -0.2) is 12.4 Å². The fourth-order valence-corrected chi connectivity index (χ4v) is 2.66. The van der Waals surface area contributed by atoms with Crippen molar-refractivity contribution in [2.24, 2.45) is 5.92 Å². The number of carbonyl (C=O) groups excluding carboxylic acids is 1. The lowest BCUT2D eigenvalue weighted by atomic mass is 9.82. The quantitative estimate of drug-likeness (QED) is 0.706. The minimum Gasteiger partial charge on any atom is -0.494 e. The summed E-state index contributed by atoms with van der Waals surface area (Å²) in [4.78, 5) is 12.2. The lowest BCUT2D eigenvalue weighted by molar-refractivity contribution is -0.121. The van der Waals surface area contributed by atoms with E-state index in [0.717, 1.165) is 11.3 Å². The molecule has 0 saturated carbocycles. The van der Waals surface area contributed by atoms with Crippen LogP contribution in [0.5, 0.6) is 5.75 Å². The standard InChI is InChI=1S/C18H28O2/c1-7-16(19)18(13(5)6)14-9-10-17(20-8-2)15(11-14)12(3)4/h9-13,18H,7-8H2,1-6H3. The number of hydrogen-bond donors (Lipinski definition) is 0. The van der Waals surface area contributed by atoms with Crippen molar-refractivity contribution in [3.63, 3.8) is 0 Å². The Morgan fingerprint density at radius 1 is 1.15 bits per heavy atom. The van der Waals surface area contributed by atoms with E-state index in [1.165, 1.54) is 5.56 Å². The maximum Gasteiger partial charge on any atom is 0.140 e. The maximum atomic E-state index is 12.2. The van der Waals surface area contributed by atoms with Gasteiger partial charge >= 0.3 is 0 Å². The van der Waals surface area contributed by atoms with Crippen LogP contribution in [0.15, 0.2) is 18.2 Å². The van der Waals surface area contributed by atoms with Gasteiger partial charge in [0, 0.05) is 12.3 Å². The molecule has 20 heavy (non-hydrogen) atoms. The van der Waals surface area contributed by atoms with Gasteiger partial charge in [-0.1, -0.05) is 46.8 Å². The minimum absolute atomic E-state index is 0.00632. The van der Waals surface area contributed by atoms with Gasteiger partial charge in [-0.25, -0.2) is 0 Å². The zero-order chi connectivity index (χ0) is 15.3. The van der Waals surface area contributed by atoms with E-state index >= 15 is 0 Å². The average Bonchev–Trinajstić information content (AvgIpc) is 2.39. The first-order valence-electron chi connectivity index (χ1n) is 7.71. The summed E-state index contributed by atoms with van der Waals surface area (Å²) in [5.74, 6) is 1.96. The highest BCUT2D eigenvalue weighted by Gasteiger charge is 2.24. The van der Waals surface area contributed by atoms with Gasteiger partial charge in [0.15, 0.2) is 0 Å². The van der Waals surface area contributed by atoms with Crippen molar-refractivity contribution in [1.29, 1.82) is 0 Å². The van der Waals surface area contributed by atoms with E-state index in [2.05, 4.69) is 39.8 Å². The molecule has 0 saturated heterocycles. The summed E-state index contributed by atoms with van der Waals surface area (Å²) in [6.07, 6.45) is 0.590. The first kappa shape index (κ1) is 16.7. The van der Waals surface area contributed by atoms with Crippen LogP contribution in [0.4, 0.5) is 0 Å². The van der Waals surface area contributed by atoms with Crippen LogP contribution in [0.2, 0.25) is 0 Å². The Kier molecular flexibility index (Phi) is 6.25. The maximum absolute atomic E-state index is 12.2. The fourth-order valence-electron chi connectivity index (χ4n) is 2.66. The SMILES string of the molecule is CCOc1ccc(C(C(=O)CC)C(C)C)cc1C(C)C. The molecule has 0 N–H and O–H groups in total. The van der Waals surface area contributed by atoms with E-state index in [0.29, 0.717) is 30.6 Å². The Bertz CT molecular complexity index is 447. The molecule has 1 aromatic rings. The highest BCUT2D eigenvalue weighted by atomic mass is 16.5. The summed E-state index contributed by atoms with van der Waals surface area (Å²) >= 11 is 0. The van der Waals surface area contributed by atoms with E-state index in [1.807, 2.05) is 19.9 Å². The molecule has 0 fully saturated rings. The third-order valence-corrected chi connectivity index (χ3v) is 3.68. The van der Waals surface area contributed by atoms with Crippen LogP contribution >= 0.6 is 0 Å². The summed E-state index contributed by atoms with van der Waals surface area (Å²) in [7, 11) is 0. The molecule has 2 heteroatoms. The van der Waals surface area contributed by atoms with Crippen LogP contribution in [0.1, 0.15) is 70.9 Å². The van der Waals surface area contributed by atoms with Gasteiger partial charge in [0.25, 0.3) is 0 Å². The molecule has 0 radical (unpaired) electrons. The Morgan fingerprint density at radius 3 is 2.25 bits per heavy atom. The topological polar surface area (TPSA) is 26.3 Å². The van der Waals surface area contributed by atoms with Crippen LogP contribution in [0.3, 0.4) is 0 Å². The molecule has 0 aliphatic rings. The van der Waals surface area contributed by atoms with Crippen molar-refractivity contribution in [3.05, 3.63) is 29.3 Å². The molecule has 0 aliphatic carbocycles. The van der Waals surface area contributed by atoms with Gasteiger partial charge in [-0.2, -0.15) is 0 Å². The normalized spacial score (nSPS) is 12.8. The molecule has 2 nitrogen and oxygen atoms in total. The van der Waals surface area contributed by atoms with Gasteiger partial charge in [-0.15, -0.1) is 0 Å². The predicted octanol–water partition coefficient (Wildman–Crippen LogP) is 4.93. The largest absolute Gasteiger partial charge is 0.494 e. The molecular weight excluding hydrogens is 248 g/mol. The summed E-state index contributed by atoms with van der Waals surface area (Å²) in [5.41, 5.74) is 2.32. The van der Waals surface area contributed by atoms with Crippen LogP contribution < -0.4 is 4.74 Å². The first-order chi connectivity index (χ1) is 9.42. The van der Waals surface area contributed by atoms with Gasteiger partial charge in [0.2, 0.25) is 0 Å². The first-order valence-corrected chi connectivity index (χ1v) is 7.71. The number of ether oxygens (including phenoxy) is 1. The molecule has 1 rings (SSSR count). The summed E-state index contributed by atoms with van der Waals surface area (Å²) < 4.78 is 5.70. The van der Waals surface area contributed by atoms with E-state index < -0.39 is 0 Å². The molecule has 0 aliphatic heterocycles. The zero-order valence-electron chi connectivity index (χ0n) is 13.7. The number of carbonyl (C=O) groups is 1. The van der Waals surface area contributed by atoms with Crippen molar-refractivity contribution >= 4 is 5.78 Å². The molecule has 0 bridgehead atoms. The fraction of sp³-hybridized carbons (Fsp3) is 0.611. The van der Waals surface area contributed by atoms with Crippen molar-refractivity contribution < 1.29 is 9.53 Å². The number of ketones is 1. The van der Waals surface area contributed by atoms with E-state index in [9.17, 15) is 4.79 Å². The second-order valence-corrected chi connectivity index (χ2v) is 5.93. The summed E-state index contributed by atoms with van der Waals surface area (Å²) in [6, 6.07) is 6.23. The Balaban J connectivity index is 3.24. The van der Waals surface area contributed by atoms with Crippen molar-refractivity contribution in [1.82, 2.24) is 0 Å². The molecule has 1 aromatic carbocycles. The van der Waals surface area contributed by atoms with Gasteiger partial charge in [-0.05, 0) is 36.0 Å². The molecular formula is C18H28O2. The molecule has 1 atom stereocenters. The summed E-state index contributed by atoms with van der Waals surface area (Å²) in [5, 5.41) is 0. The van der Waals surface area contributed by atoms with E-state index in [-0.39, 0.29) is 5.92 Å². The third-order valence-electron chi connectivity index (χ3n) is 3.68. The van der Waals surface area contributed by atoms with Crippen molar-refractivity contribution in [2.75, 3.05) is 6.61 Å². The second-order valence-electron chi connectivity index (χ2n) is 5.93. The molecule has 0 heterocycles.